The van der Waals surface area contributed by atoms with Crippen molar-refractivity contribution in [3.8, 4) is 0 Å². The average molecular weight is 263 g/mol. The monoisotopic (exact) mass is 263 g/mol. The fraction of sp³-hybridized carbons (Fsp3) is 0.818. The van der Waals surface area contributed by atoms with Crippen LogP contribution in [0.1, 0.15) is 34.1 Å². The lowest BCUT2D eigenvalue weighted by Gasteiger charge is -2.23. The summed E-state index contributed by atoms with van der Waals surface area (Å²) in [7, 11) is -1.46. The van der Waals surface area contributed by atoms with E-state index in [0.29, 0.717) is 13.1 Å². The molecule has 0 aromatic rings. The molecule has 0 aliphatic carbocycles. The number of rotatable bonds is 7. The summed E-state index contributed by atoms with van der Waals surface area (Å²) in [5, 5.41) is 7.46. The molecule has 3 unspecified atom stereocenters. The number of amides is 1. The van der Waals surface area contributed by atoms with E-state index in [-0.39, 0.29) is 12.3 Å². The molecule has 1 N–H and O–H groups in total. The van der Waals surface area contributed by atoms with E-state index in [2.05, 4.69) is 0 Å². The molecule has 0 saturated heterocycles. The van der Waals surface area contributed by atoms with Crippen LogP contribution in [0.3, 0.4) is 0 Å². The van der Waals surface area contributed by atoms with Gasteiger partial charge >= 0.3 is 5.97 Å². The van der Waals surface area contributed by atoms with Gasteiger partial charge in [0.15, 0.2) is 0 Å². The van der Waals surface area contributed by atoms with Crippen LogP contribution in [0.4, 0.5) is 0 Å². The van der Waals surface area contributed by atoms with E-state index in [0.717, 1.165) is 0 Å². The summed E-state index contributed by atoms with van der Waals surface area (Å²) < 4.78 is 12.0. The Kier molecular flexibility index (Phi) is 7.03. The molecule has 100 valence electrons. The number of carbonyl (C=O) groups excluding carboxylic acids is 1. The van der Waals surface area contributed by atoms with Crippen molar-refractivity contribution in [1.82, 2.24) is 4.90 Å². The zero-order valence-corrected chi connectivity index (χ0v) is 11.6. The lowest BCUT2D eigenvalue weighted by Crippen LogP contribution is -2.41. The molecule has 17 heavy (non-hydrogen) atoms. The van der Waals surface area contributed by atoms with Gasteiger partial charge in [-0.25, -0.2) is 0 Å². The summed E-state index contributed by atoms with van der Waals surface area (Å²) >= 11 is 0. The van der Waals surface area contributed by atoms with Gasteiger partial charge in [0, 0.05) is 29.1 Å². The van der Waals surface area contributed by atoms with E-state index >= 15 is 0 Å². The first-order valence-corrected chi connectivity index (χ1v) is 7.02. The van der Waals surface area contributed by atoms with Gasteiger partial charge in [-0.1, -0.05) is 6.92 Å². The molecule has 5 nitrogen and oxygen atoms in total. The second-order valence-electron chi connectivity index (χ2n) is 3.89. The van der Waals surface area contributed by atoms with Crippen LogP contribution in [0.15, 0.2) is 0 Å². The molecule has 0 spiro atoms. The molecule has 0 aromatic heterocycles. The van der Waals surface area contributed by atoms with E-state index in [9.17, 15) is 13.8 Å². The highest BCUT2D eigenvalue weighted by molar-refractivity contribution is 7.87. The third-order valence-corrected chi connectivity index (χ3v) is 4.49. The molecule has 0 aromatic carbocycles. The van der Waals surface area contributed by atoms with Crippen molar-refractivity contribution < 1.29 is 18.9 Å². The lowest BCUT2D eigenvalue weighted by atomic mass is 10.3. The minimum absolute atomic E-state index is 0.175. The molecular formula is C11H21NO4S. The van der Waals surface area contributed by atoms with Crippen molar-refractivity contribution in [2.75, 3.05) is 13.1 Å². The first-order valence-electron chi connectivity index (χ1n) is 5.75. The Morgan fingerprint density at radius 3 is 2.06 bits per heavy atom. The number of aliphatic carboxylic acids is 1. The first kappa shape index (κ1) is 16.1. The second-order valence-corrected chi connectivity index (χ2v) is 6.06. The largest absolute Gasteiger partial charge is 0.481 e. The van der Waals surface area contributed by atoms with E-state index in [1.807, 2.05) is 13.8 Å². The Hall–Kier alpha value is -0.910. The maximum Gasteiger partial charge on any atom is 0.304 e. The van der Waals surface area contributed by atoms with Gasteiger partial charge in [0.05, 0.1) is 6.42 Å². The third kappa shape index (κ3) is 4.85. The number of nitrogens with zero attached hydrogens (tertiary/aromatic N) is 1. The van der Waals surface area contributed by atoms with Crippen molar-refractivity contribution in [1.29, 1.82) is 0 Å². The minimum Gasteiger partial charge on any atom is -0.481 e. The van der Waals surface area contributed by atoms with Gasteiger partial charge in [-0.2, -0.15) is 0 Å². The van der Waals surface area contributed by atoms with Gasteiger partial charge in [0.2, 0.25) is 5.91 Å². The Morgan fingerprint density at radius 1 is 1.24 bits per heavy atom. The van der Waals surface area contributed by atoms with Crippen LogP contribution in [0.2, 0.25) is 0 Å². The summed E-state index contributed by atoms with van der Waals surface area (Å²) in [6.45, 7) is 8.05. The van der Waals surface area contributed by atoms with Crippen LogP contribution >= 0.6 is 0 Å². The van der Waals surface area contributed by atoms with E-state index in [1.54, 1.807) is 18.7 Å². The Bertz CT molecular complexity index is 302. The fourth-order valence-electron chi connectivity index (χ4n) is 1.57. The quantitative estimate of drug-likeness (QED) is 0.739. The number of hydrogen-bond acceptors (Lipinski definition) is 3. The fourth-order valence-corrected chi connectivity index (χ4v) is 2.92. The van der Waals surface area contributed by atoms with Crippen LogP contribution in [0.25, 0.3) is 0 Å². The van der Waals surface area contributed by atoms with Gasteiger partial charge in [0.1, 0.15) is 5.25 Å². The van der Waals surface area contributed by atoms with Gasteiger partial charge < -0.3 is 10.0 Å². The molecule has 1 amide bonds. The molecule has 0 fully saturated rings. The van der Waals surface area contributed by atoms with E-state index in [4.69, 9.17) is 5.11 Å². The Labute approximate surface area is 105 Å². The summed E-state index contributed by atoms with van der Waals surface area (Å²) in [4.78, 5) is 24.1. The molecule has 0 bridgehead atoms. The van der Waals surface area contributed by atoms with Crippen LogP contribution in [0.5, 0.6) is 0 Å². The Balaban J connectivity index is 4.58. The summed E-state index contributed by atoms with van der Waals surface area (Å²) in [6.07, 6.45) is -0.178. The van der Waals surface area contributed by atoms with Crippen molar-refractivity contribution in [3.63, 3.8) is 0 Å². The molecule has 3 atom stereocenters. The van der Waals surface area contributed by atoms with Crippen molar-refractivity contribution in [2.24, 2.45) is 0 Å². The molecule has 0 aliphatic heterocycles. The molecule has 0 aliphatic rings. The highest BCUT2D eigenvalue weighted by Crippen LogP contribution is 2.10. The van der Waals surface area contributed by atoms with Gasteiger partial charge in [-0.05, 0) is 20.8 Å². The van der Waals surface area contributed by atoms with Crippen molar-refractivity contribution >= 4 is 22.7 Å². The molecule has 0 saturated carbocycles. The van der Waals surface area contributed by atoms with Crippen LogP contribution < -0.4 is 0 Å². The number of carbonyl (C=O) groups is 2. The van der Waals surface area contributed by atoms with Gasteiger partial charge in [-0.15, -0.1) is 0 Å². The van der Waals surface area contributed by atoms with Crippen LogP contribution in [-0.2, 0) is 20.4 Å². The predicted octanol–water partition coefficient (Wildman–Crippen LogP) is 0.855. The molecule has 0 rings (SSSR count). The van der Waals surface area contributed by atoms with Crippen LogP contribution in [0, 0.1) is 0 Å². The van der Waals surface area contributed by atoms with Gasteiger partial charge in [0.25, 0.3) is 0 Å². The maximum atomic E-state index is 12.0. The highest BCUT2D eigenvalue weighted by Gasteiger charge is 2.28. The summed E-state index contributed by atoms with van der Waals surface area (Å²) in [5.74, 6) is -1.17. The zero-order valence-electron chi connectivity index (χ0n) is 10.8. The first-order chi connectivity index (χ1) is 7.84. The predicted molar refractivity (Wildman–Crippen MR) is 67.2 cm³/mol. The van der Waals surface area contributed by atoms with Crippen molar-refractivity contribution in [2.45, 2.75) is 44.6 Å². The van der Waals surface area contributed by atoms with E-state index in [1.165, 1.54) is 0 Å². The summed E-state index contributed by atoms with van der Waals surface area (Å²) in [6, 6.07) is 0. The van der Waals surface area contributed by atoms with E-state index < -0.39 is 27.3 Å². The lowest BCUT2D eigenvalue weighted by molar-refractivity contribution is -0.137. The normalized spacial score (nSPS) is 16.0. The minimum atomic E-state index is -1.46. The molecular weight excluding hydrogens is 242 g/mol. The zero-order chi connectivity index (χ0) is 13.6. The highest BCUT2D eigenvalue weighted by atomic mass is 32.2. The summed E-state index contributed by atoms with van der Waals surface area (Å²) in [5.41, 5.74) is 0. The molecule has 6 heteroatoms. The third-order valence-electron chi connectivity index (χ3n) is 2.63. The van der Waals surface area contributed by atoms with Crippen molar-refractivity contribution in [3.05, 3.63) is 0 Å². The number of hydrogen-bond donors (Lipinski definition) is 1. The molecule has 0 radical (unpaired) electrons. The standard InChI is InChI=1S/C11H21NO4S/c1-5-12(6-2)11(15)9(4)17(16)8(3)7-10(13)14/h8-9H,5-7H2,1-4H3,(H,13,14). The maximum absolute atomic E-state index is 12.0. The smallest absolute Gasteiger partial charge is 0.304 e. The second kappa shape index (κ2) is 7.42. The number of carboxylic acids is 1. The van der Waals surface area contributed by atoms with Gasteiger partial charge in [-0.3, -0.25) is 13.8 Å². The Morgan fingerprint density at radius 2 is 1.71 bits per heavy atom. The SMILES string of the molecule is CCN(CC)C(=O)C(C)S(=O)C(C)CC(=O)O. The number of carboxylic acid groups (broad SMARTS) is 1. The molecule has 0 heterocycles. The average Bonchev–Trinajstić information content (AvgIpc) is 2.27. The van der Waals surface area contributed by atoms with Crippen LogP contribution in [-0.4, -0.2) is 49.7 Å². The topological polar surface area (TPSA) is 74.7 Å².